The fourth-order valence-corrected chi connectivity index (χ4v) is 5.32. The molecule has 0 nitrogen and oxygen atoms in total. The zero-order valence-corrected chi connectivity index (χ0v) is 38.5. The maximum atomic E-state index is 3.80. The second-order valence-electron chi connectivity index (χ2n) is 11.9. The average Bonchev–Trinajstić information content (AvgIpc) is 2.96. The van der Waals surface area contributed by atoms with Crippen LogP contribution in [-0.4, -0.2) is 0 Å². The van der Waals surface area contributed by atoms with Gasteiger partial charge in [-0.15, -0.1) is 54.4 Å². The summed E-state index contributed by atoms with van der Waals surface area (Å²) in [4.78, 5) is 0. The molecule has 1 aliphatic rings. The first-order chi connectivity index (χ1) is 16.5. The monoisotopic (exact) mass is 602 g/mol. The molecule has 0 bridgehead atoms. The molecule has 0 N–H and O–H groups in total. The normalized spacial score (nSPS) is 22.6. The molecule has 0 aromatic carbocycles. The average molecular weight is 603 g/mol. The molecule has 1 rings (SSSR count). The Hall–Kier alpha value is 3.09. The van der Waals surface area contributed by atoms with Crippen molar-refractivity contribution in [2.75, 3.05) is 0 Å². The maximum Gasteiger partial charge on any atom is 1.00 e. The van der Waals surface area contributed by atoms with Crippen molar-refractivity contribution in [3.8, 4) is 0 Å². The van der Waals surface area contributed by atoms with Crippen LogP contribution in [0, 0.1) is 71.0 Å². The molecule has 204 valence electrons. The molecule has 0 saturated heterocycles. The van der Waals surface area contributed by atoms with Crippen LogP contribution in [-0.2, 0) is 0 Å². The van der Waals surface area contributed by atoms with Crippen LogP contribution in [0.4, 0.5) is 0 Å². The third-order valence-electron chi connectivity index (χ3n) is 8.79. The second kappa shape index (κ2) is 21.0. The van der Waals surface area contributed by atoms with Gasteiger partial charge in [-0.3, -0.25) is 0 Å². The molecular weight excluding hydrogens is 550 g/mol. The van der Waals surface area contributed by atoms with Crippen LogP contribution < -0.4 is 154 Å². The van der Waals surface area contributed by atoms with Gasteiger partial charge in [0, 0.05) is 0 Å². The first-order valence-corrected chi connectivity index (χ1v) is 13.7. The van der Waals surface area contributed by atoms with Crippen LogP contribution in [0.1, 0.15) is 112 Å². The van der Waals surface area contributed by atoms with Gasteiger partial charge in [0.2, 0.25) is 0 Å². The summed E-state index contributed by atoms with van der Waals surface area (Å²) < 4.78 is 0. The molecule has 39 heavy (non-hydrogen) atoms. The van der Waals surface area contributed by atoms with Gasteiger partial charge in [-0.05, 0) is 23.2 Å². The molecule has 0 aromatic rings. The predicted molar refractivity (Wildman–Crippen MR) is 158 cm³/mol. The van der Waals surface area contributed by atoms with E-state index in [1.807, 2.05) is 6.92 Å². The SMILES string of the molecule is C[C-]=C(C)C(C)=[C-]C(C)[C-]=C(C)C(C)=[C-]C(C)[C-]=C(C)C(C)=[C-]C(C)C1C=C(CC)C(C)(C)C1(C)C.[1H-].[K+].[K+].[K+]. The minimum absolute atomic E-state index is 0. The molecular formula is C36H53K3-4. The van der Waals surface area contributed by atoms with Gasteiger partial charge in [-0.2, -0.15) is 11.8 Å². The Morgan fingerprint density at radius 2 is 1.03 bits per heavy atom. The van der Waals surface area contributed by atoms with E-state index in [0.717, 1.165) is 34.3 Å². The molecule has 0 radical (unpaired) electrons. The fourth-order valence-electron chi connectivity index (χ4n) is 5.32. The summed E-state index contributed by atoms with van der Waals surface area (Å²) in [6, 6.07) is 0. The molecule has 0 fully saturated rings. The fraction of sp³-hybridized carbons (Fsp3) is 0.611. The van der Waals surface area contributed by atoms with Crippen molar-refractivity contribution in [2.24, 2.45) is 34.5 Å². The molecule has 0 spiro atoms. The Kier molecular flexibility index (Phi) is 25.0. The van der Waals surface area contributed by atoms with Gasteiger partial charge in [0.15, 0.2) is 0 Å². The zero-order valence-electron chi connectivity index (χ0n) is 30.1. The number of rotatable bonds is 10. The Morgan fingerprint density at radius 3 is 1.33 bits per heavy atom. The van der Waals surface area contributed by atoms with Crippen molar-refractivity contribution < 1.29 is 156 Å². The summed E-state index contributed by atoms with van der Waals surface area (Å²) in [6.07, 6.45) is 24.9. The predicted octanol–water partition coefficient (Wildman–Crippen LogP) is 1.55. The molecule has 0 saturated carbocycles. The van der Waals surface area contributed by atoms with Crippen molar-refractivity contribution in [1.29, 1.82) is 0 Å². The van der Waals surface area contributed by atoms with Crippen molar-refractivity contribution >= 4 is 0 Å². The van der Waals surface area contributed by atoms with Gasteiger partial charge in [0.1, 0.15) is 0 Å². The van der Waals surface area contributed by atoms with E-state index in [-0.39, 0.29) is 178 Å². The van der Waals surface area contributed by atoms with Gasteiger partial charge < -0.3 is 71.3 Å². The molecule has 0 amide bonds. The van der Waals surface area contributed by atoms with E-state index in [4.69, 9.17) is 0 Å². The largest absolute Gasteiger partial charge is 1.00 e. The number of allylic oxidation sites excluding steroid dienone is 14. The van der Waals surface area contributed by atoms with Crippen molar-refractivity contribution in [1.82, 2.24) is 0 Å². The summed E-state index contributed by atoms with van der Waals surface area (Å²) in [5, 5.41) is 0. The minimum atomic E-state index is 0. The summed E-state index contributed by atoms with van der Waals surface area (Å²) in [5.74, 6) is 1.06. The summed E-state index contributed by atoms with van der Waals surface area (Å²) in [7, 11) is 0. The van der Waals surface area contributed by atoms with Crippen LogP contribution in [0.25, 0.3) is 0 Å². The summed E-state index contributed by atoms with van der Waals surface area (Å²) in [6.45, 7) is 33.2. The molecule has 1 aliphatic carbocycles. The molecule has 0 heterocycles. The molecule has 4 atom stereocenters. The van der Waals surface area contributed by atoms with Gasteiger partial charge in [0.05, 0.1) is 0 Å². The van der Waals surface area contributed by atoms with E-state index < -0.39 is 0 Å². The maximum absolute atomic E-state index is 3.80. The van der Waals surface area contributed by atoms with Crippen molar-refractivity contribution in [3.05, 3.63) is 81.5 Å². The topological polar surface area (TPSA) is 0 Å². The third kappa shape index (κ3) is 13.5. The quantitative estimate of drug-likeness (QED) is 0.154. The van der Waals surface area contributed by atoms with E-state index in [0.29, 0.717) is 11.8 Å². The van der Waals surface area contributed by atoms with Crippen LogP contribution in [0.15, 0.2) is 45.1 Å². The van der Waals surface area contributed by atoms with Gasteiger partial charge in [-0.1, -0.05) is 67.0 Å². The Morgan fingerprint density at radius 1 is 0.692 bits per heavy atom. The van der Waals surface area contributed by atoms with Crippen LogP contribution in [0.3, 0.4) is 0 Å². The Labute approximate surface area is 374 Å². The molecule has 4 unspecified atom stereocenters. The minimum Gasteiger partial charge on any atom is -1.00 e. The van der Waals surface area contributed by atoms with Crippen LogP contribution in [0.2, 0.25) is 0 Å². The number of hydrogen-bond donors (Lipinski definition) is 0. The summed E-state index contributed by atoms with van der Waals surface area (Å²) >= 11 is 0. The standard InChI is InChI=1S/C36H52.3K.H/c1-16-26(5)27(6)18-24(3)19-28(7)29(8)20-25(4)21-30(9)31(10)22-32(11)34-23-33(17-2)35(12,13)36(34,14)15;;;;/h23-25,32,34H,17H2,1-15H3;;;;/q-6;3*+1;-1/i;;;;1+0. The number of hydrogen-bond acceptors (Lipinski definition) is 0. The van der Waals surface area contributed by atoms with Crippen molar-refractivity contribution in [3.63, 3.8) is 0 Å². The Balaban J connectivity index is -0.00000162. The first kappa shape index (κ1) is 46.5. The second-order valence-corrected chi connectivity index (χ2v) is 11.9. The van der Waals surface area contributed by atoms with E-state index in [1.54, 1.807) is 5.57 Å². The van der Waals surface area contributed by atoms with Gasteiger partial charge in [-0.25, -0.2) is 0 Å². The van der Waals surface area contributed by atoms with E-state index in [9.17, 15) is 0 Å². The van der Waals surface area contributed by atoms with Crippen molar-refractivity contribution in [2.45, 2.75) is 110 Å². The van der Waals surface area contributed by atoms with E-state index in [2.05, 4.69) is 139 Å². The van der Waals surface area contributed by atoms with Crippen LogP contribution >= 0.6 is 0 Å². The van der Waals surface area contributed by atoms with Crippen LogP contribution in [0.5, 0.6) is 0 Å². The molecule has 3 heteroatoms. The van der Waals surface area contributed by atoms with E-state index >= 15 is 0 Å². The smallest absolute Gasteiger partial charge is 1.00 e. The third-order valence-corrected chi connectivity index (χ3v) is 8.79. The summed E-state index contributed by atoms with van der Waals surface area (Å²) in [5.41, 5.74) is 8.88. The Bertz CT molecular complexity index is 999. The van der Waals surface area contributed by atoms with E-state index in [1.165, 1.54) is 5.57 Å². The van der Waals surface area contributed by atoms with Gasteiger partial charge in [0.25, 0.3) is 0 Å². The van der Waals surface area contributed by atoms with Gasteiger partial charge >= 0.3 is 154 Å². The zero-order chi connectivity index (χ0) is 28.0. The molecule has 0 aromatic heterocycles. The first-order valence-electron chi connectivity index (χ1n) is 13.7. The molecule has 0 aliphatic heterocycles.